The molecule has 0 rings (SSSR count). The normalized spacial score (nSPS) is 9.87. The minimum atomic E-state index is -1.68. The van der Waals surface area contributed by atoms with E-state index in [9.17, 15) is 24.6 Å². The molecule has 0 saturated carbocycles. The summed E-state index contributed by atoms with van der Waals surface area (Å²) in [4.78, 5) is 30.8. The van der Waals surface area contributed by atoms with Gasteiger partial charge in [-0.05, 0) is 6.08 Å². The van der Waals surface area contributed by atoms with Crippen molar-refractivity contribution in [2.24, 2.45) is 0 Å². The van der Waals surface area contributed by atoms with Crippen LogP contribution in [0.2, 0.25) is 0 Å². The molecule has 0 spiro atoms. The van der Waals surface area contributed by atoms with Crippen molar-refractivity contribution in [3.05, 3.63) is 12.7 Å². The molecule has 0 aromatic heterocycles. The third-order valence-electron chi connectivity index (χ3n) is 1.16. The topological polar surface area (TPSA) is 109 Å². The molecule has 8 heteroatoms. The summed E-state index contributed by atoms with van der Waals surface area (Å²) in [5.74, 6) is -4.05. The van der Waals surface area contributed by atoms with E-state index in [-0.39, 0.29) is 59.1 Å². The molecule has 0 heterocycles. The van der Waals surface area contributed by atoms with Crippen LogP contribution in [0.1, 0.15) is 6.42 Å². The molecule has 1 atom stereocenters. The van der Waals surface area contributed by atoms with Gasteiger partial charge in [0.1, 0.15) is 0 Å². The van der Waals surface area contributed by atoms with Gasteiger partial charge in [0, 0.05) is 12.4 Å². The van der Waals surface area contributed by atoms with Gasteiger partial charge in [-0.25, -0.2) is 0 Å². The van der Waals surface area contributed by atoms with Crippen LogP contribution in [-0.4, -0.2) is 23.9 Å². The van der Waals surface area contributed by atoms with Crippen molar-refractivity contribution >= 4 is 17.8 Å². The summed E-state index contributed by atoms with van der Waals surface area (Å²) in [7, 11) is 0. The van der Waals surface area contributed by atoms with Gasteiger partial charge in [-0.3, -0.25) is 4.79 Å². The van der Waals surface area contributed by atoms with Crippen molar-refractivity contribution in [2.45, 2.75) is 12.5 Å². The van der Waals surface area contributed by atoms with Crippen LogP contribution in [0.3, 0.4) is 0 Å². The van der Waals surface area contributed by atoms with Crippen molar-refractivity contribution in [1.82, 2.24) is 5.32 Å². The molecular formula is C7H7NNa2O5. The van der Waals surface area contributed by atoms with Crippen LogP contribution in [0.15, 0.2) is 12.7 Å². The Morgan fingerprint density at radius 3 is 2.00 bits per heavy atom. The molecule has 1 N–H and O–H groups in total. The summed E-state index contributed by atoms with van der Waals surface area (Å²) >= 11 is 0. The first kappa shape index (κ1) is 20.5. The Morgan fingerprint density at radius 1 is 1.27 bits per heavy atom. The number of hydrogen-bond donors (Lipinski definition) is 1. The maximum Gasteiger partial charge on any atom is 1.00 e. The van der Waals surface area contributed by atoms with E-state index in [1.807, 2.05) is 5.32 Å². The van der Waals surface area contributed by atoms with Gasteiger partial charge in [0.2, 0.25) is 5.91 Å². The van der Waals surface area contributed by atoms with Crippen LogP contribution in [0.4, 0.5) is 0 Å². The van der Waals surface area contributed by atoms with Crippen molar-refractivity contribution in [2.75, 3.05) is 0 Å². The molecule has 0 radical (unpaired) electrons. The molecule has 1 amide bonds. The average Bonchev–Trinajstić information content (AvgIpc) is 2.02. The van der Waals surface area contributed by atoms with Gasteiger partial charge in [-0.15, -0.1) is 0 Å². The van der Waals surface area contributed by atoms with Crippen LogP contribution in [0.25, 0.3) is 0 Å². The fourth-order valence-corrected chi connectivity index (χ4v) is 0.591. The Morgan fingerprint density at radius 2 is 1.73 bits per heavy atom. The van der Waals surface area contributed by atoms with Gasteiger partial charge in [0.25, 0.3) is 0 Å². The van der Waals surface area contributed by atoms with Crippen LogP contribution in [-0.2, 0) is 14.4 Å². The zero-order valence-electron chi connectivity index (χ0n) is 8.61. The average molecular weight is 231 g/mol. The van der Waals surface area contributed by atoms with E-state index in [0.29, 0.717) is 0 Å². The molecule has 6 nitrogen and oxygen atoms in total. The molecular weight excluding hydrogens is 224 g/mol. The van der Waals surface area contributed by atoms with E-state index < -0.39 is 30.3 Å². The van der Waals surface area contributed by atoms with E-state index >= 15 is 0 Å². The minimum Gasteiger partial charge on any atom is -0.550 e. The first-order valence-electron chi connectivity index (χ1n) is 3.31. The minimum absolute atomic E-state index is 0. The summed E-state index contributed by atoms with van der Waals surface area (Å²) in [6.07, 6.45) is -0.00681. The van der Waals surface area contributed by atoms with E-state index in [4.69, 9.17) is 0 Å². The Balaban J connectivity index is -0.000000720. The summed E-state index contributed by atoms with van der Waals surface area (Å²) in [5.41, 5.74) is 0. The van der Waals surface area contributed by atoms with Crippen LogP contribution < -0.4 is 74.6 Å². The molecule has 0 unspecified atom stereocenters. The Kier molecular flexibility index (Phi) is 14.6. The number of amides is 1. The predicted octanol–water partition coefficient (Wildman–Crippen LogP) is -9.44. The molecule has 0 aliphatic carbocycles. The molecule has 0 bridgehead atoms. The summed E-state index contributed by atoms with van der Waals surface area (Å²) in [6, 6.07) is -1.59. The number of carboxylic acid groups (broad SMARTS) is 2. The molecule has 0 aliphatic heterocycles. The van der Waals surface area contributed by atoms with Crippen molar-refractivity contribution in [3.8, 4) is 0 Å². The Labute approximate surface area is 131 Å². The molecule has 0 fully saturated rings. The van der Waals surface area contributed by atoms with Gasteiger partial charge in [0.15, 0.2) is 0 Å². The third kappa shape index (κ3) is 10.4. The van der Waals surface area contributed by atoms with E-state index in [1.54, 1.807) is 0 Å². The van der Waals surface area contributed by atoms with E-state index in [0.717, 1.165) is 6.08 Å². The first-order valence-corrected chi connectivity index (χ1v) is 3.31. The fraction of sp³-hybridized carbons (Fsp3) is 0.286. The zero-order chi connectivity index (χ0) is 10.4. The number of aliphatic carboxylic acids is 2. The molecule has 0 aliphatic rings. The number of rotatable bonds is 5. The number of nitrogens with one attached hydrogen (secondary N) is 1. The van der Waals surface area contributed by atoms with Gasteiger partial charge >= 0.3 is 59.1 Å². The van der Waals surface area contributed by atoms with Gasteiger partial charge in [0.05, 0.1) is 12.0 Å². The smallest absolute Gasteiger partial charge is 0.550 e. The van der Waals surface area contributed by atoms with E-state index in [1.165, 1.54) is 0 Å². The number of carboxylic acids is 2. The van der Waals surface area contributed by atoms with Crippen molar-refractivity contribution < 1.29 is 83.7 Å². The fourth-order valence-electron chi connectivity index (χ4n) is 0.591. The Hall–Kier alpha value is 0.150. The third-order valence-corrected chi connectivity index (χ3v) is 1.16. The second-order valence-electron chi connectivity index (χ2n) is 2.16. The standard InChI is InChI=1S/C7H9NO5.2Na/c1-2-5(9)8-4(7(12)13)3-6(10)11;;/h2,4H,1,3H2,(H,8,9)(H,10,11)(H,12,13);;/q;2*+1/p-2/t4-;;/m0../s1. The van der Waals surface area contributed by atoms with Crippen LogP contribution in [0.5, 0.6) is 0 Å². The summed E-state index contributed by atoms with van der Waals surface area (Å²) in [6.45, 7) is 3.06. The molecule has 15 heavy (non-hydrogen) atoms. The van der Waals surface area contributed by atoms with E-state index in [2.05, 4.69) is 6.58 Å². The van der Waals surface area contributed by atoms with Gasteiger partial charge < -0.3 is 25.1 Å². The van der Waals surface area contributed by atoms with Gasteiger partial charge in [-0.2, -0.15) is 0 Å². The molecule has 0 aromatic rings. The maximum absolute atomic E-state index is 10.6. The second-order valence-corrected chi connectivity index (χ2v) is 2.16. The quantitative estimate of drug-likeness (QED) is 0.373. The zero-order valence-corrected chi connectivity index (χ0v) is 12.6. The van der Waals surface area contributed by atoms with Crippen molar-refractivity contribution in [1.29, 1.82) is 0 Å². The predicted molar refractivity (Wildman–Crippen MR) is 36.8 cm³/mol. The molecule has 0 aromatic carbocycles. The molecule has 0 saturated heterocycles. The molecule has 72 valence electrons. The second kappa shape index (κ2) is 10.7. The van der Waals surface area contributed by atoms with Crippen molar-refractivity contribution in [3.63, 3.8) is 0 Å². The monoisotopic (exact) mass is 231 g/mol. The number of carbonyl (C=O) groups excluding carboxylic acids is 3. The maximum atomic E-state index is 10.6. The SMILES string of the molecule is C=CC(=O)N[C@@H](CC(=O)[O-])C(=O)[O-].[Na+].[Na+]. The largest absolute Gasteiger partial charge is 1.00 e. The number of carbonyl (C=O) groups is 3. The van der Waals surface area contributed by atoms with Crippen LogP contribution >= 0.6 is 0 Å². The Bertz CT molecular complexity index is 256. The first-order chi connectivity index (χ1) is 5.97. The summed E-state index contributed by atoms with van der Waals surface area (Å²) in [5, 5.41) is 22.1. The summed E-state index contributed by atoms with van der Waals surface area (Å²) < 4.78 is 0. The number of hydrogen-bond acceptors (Lipinski definition) is 5. The van der Waals surface area contributed by atoms with Crippen LogP contribution in [0, 0.1) is 0 Å². The van der Waals surface area contributed by atoms with Gasteiger partial charge in [-0.1, -0.05) is 6.58 Å².